The Bertz CT molecular complexity index is 471. The Morgan fingerprint density at radius 1 is 1.20 bits per heavy atom. The molecule has 20 heavy (non-hydrogen) atoms. The van der Waals surface area contributed by atoms with E-state index in [1.165, 1.54) is 31.4 Å². The van der Waals surface area contributed by atoms with Crippen LogP contribution < -0.4 is 10.2 Å². The van der Waals surface area contributed by atoms with Gasteiger partial charge in [-0.25, -0.2) is 0 Å². The Balaban J connectivity index is 1.70. The fraction of sp³-hybridized carbons (Fsp3) is 0.588. The van der Waals surface area contributed by atoms with Crippen LogP contribution in [0.1, 0.15) is 39.5 Å². The molecule has 0 radical (unpaired) electrons. The maximum atomic E-state index is 5.70. The molecule has 0 aliphatic heterocycles. The summed E-state index contributed by atoms with van der Waals surface area (Å²) in [5, 5.41) is 4.54. The lowest BCUT2D eigenvalue weighted by Gasteiger charge is -2.33. The summed E-state index contributed by atoms with van der Waals surface area (Å²) >= 11 is 5.70. The third kappa shape index (κ3) is 2.69. The Morgan fingerprint density at radius 2 is 1.95 bits per heavy atom. The molecule has 1 N–H and O–H groups in total. The minimum Gasteiger partial charge on any atom is -0.359 e. The molecule has 0 spiro atoms. The van der Waals surface area contributed by atoms with Crippen molar-refractivity contribution >= 4 is 23.0 Å². The third-order valence-electron chi connectivity index (χ3n) is 4.82. The molecule has 3 atom stereocenters. The van der Waals surface area contributed by atoms with Gasteiger partial charge in [0, 0.05) is 17.8 Å². The lowest BCUT2D eigenvalue weighted by molar-refractivity contribution is 0.390. The second kappa shape index (κ2) is 5.72. The van der Waals surface area contributed by atoms with Gasteiger partial charge >= 0.3 is 0 Å². The lowest BCUT2D eigenvalue weighted by Crippen LogP contribution is -2.49. The molecule has 3 rings (SSSR count). The maximum Gasteiger partial charge on any atom is 0.173 e. The van der Waals surface area contributed by atoms with Crippen LogP contribution in [0.4, 0.5) is 5.69 Å². The first kappa shape index (κ1) is 13.9. The van der Waals surface area contributed by atoms with Gasteiger partial charge in [-0.2, -0.15) is 0 Å². The van der Waals surface area contributed by atoms with Crippen LogP contribution in [-0.4, -0.2) is 17.2 Å². The van der Waals surface area contributed by atoms with Crippen molar-refractivity contribution in [1.82, 2.24) is 5.32 Å². The number of nitrogens with one attached hydrogen (secondary N) is 1. The minimum absolute atomic E-state index is 0.371. The number of para-hydroxylation sites is 1. The Morgan fingerprint density at radius 3 is 2.50 bits per heavy atom. The molecule has 2 aliphatic carbocycles. The standard InChI is InChI=1S/C17H24N2S/c1-12(2)19(15-6-4-3-5-7-15)17(20)18-16-11-13-8-9-14(16)10-13/h3-7,12-14,16H,8-11H2,1-2H3,(H,18,20)/t13-,14-,16+/m1/s1. The molecule has 2 aliphatic rings. The van der Waals surface area contributed by atoms with Gasteiger partial charge < -0.3 is 10.2 Å². The van der Waals surface area contributed by atoms with Gasteiger partial charge in [-0.15, -0.1) is 0 Å². The molecule has 0 amide bonds. The van der Waals surface area contributed by atoms with Crippen LogP contribution in [0.5, 0.6) is 0 Å². The monoisotopic (exact) mass is 288 g/mol. The molecule has 2 nitrogen and oxygen atoms in total. The first-order valence-electron chi connectivity index (χ1n) is 7.80. The molecule has 108 valence electrons. The zero-order chi connectivity index (χ0) is 14.1. The van der Waals surface area contributed by atoms with Gasteiger partial charge in [-0.05, 0) is 69.3 Å². The molecule has 0 unspecified atom stereocenters. The summed E-state index contributed by atoms with van der Waals surface area (Å²) in [6.07, 6.45) is 5.54. The highest BCUT2D eigenvalue weighted by atomic mass is 32.1. The van der Waals surface area contributed by atoms with E-state index in [4.69, 9.17) is 12.2 Å². The van der Waals surface area contributed by atoms with E-state index in [-0.39, 0.29) is 0 Å². The van der Waals surface area contributed by atoms with E-state index in [2.05, 4.69) is 54.4 Å². The number of benzene rings is 1. The van der Waals surface area contributed by atoms with E-state index in [9.17, 15) is 0 Å². The smallest absolute Gasteiger partial charge is 0.173 e. The summed E-state index contributed by atoms with van der Waals surface area (Å²) < 4.78 is 0. The van der Waals surface area contributed by atoms with Gasteiger partial charge in [0.2, 0.25) is 0 Å². The van der Waals surface area contributed by atoms with Crippen molar-refractivity contribution in [2.24, 2.45) is 11.8 Å². The van der Waals surface area contributed by atoms with Crippen LogP contribution in [0.2, 0.25) is 0 Å². The Labute approximate surface area is 127 Å². The van der Waals surface area contributed by atoms with Gasteiger partial charge in [0.1, 0.15) is 0 Å². The highest BCUT2D eigenvalue weighted by Gasteiger charge is 2.40. The van der Waals surface area contributed by atoms with Gasteiger partial charge in [-0.1, -0.05) is 24.6 Å². The van der Waals surface area contributed by atoms with Crippen molar-refractivity contribution in [3.8, 4) is 0 Å². The number of nitrogens with zero attached hydrogens (tertiary/aromatic N) is 1. The summed E-state index contributed by atoms with van der Waals surface area (Å²) in [6, 6.07) is 11.4. The van der Waals surface area contributed by atoms with Crippen molar-refractivity contribution in [1.29, 1.82) is 0 Å². The molecule has 0 heterocycles. The van der Waals surface area contributed by atoms with Crippen molar-refractivity contribution in [2.45, 2.75) is 51.6 Å². The minimum atomic E-state index is 0.371. The second-order valence-corrected chi connectivity index (χ2v) is 6.92. The number of anilines is 1. The molecule has 2 saturated carbocycles. The average molecular weight is 288 g/mol. The lowest BCUT2D eigenvalue weighted by atomic mass is 9.95. The maximum absolute atomic E-state index is 5.70. The number of hydrogen-bond acceptors (Lipinski definition) is 1. The quantitative estimate of drug-likeness (QED) is 0.847. The van der Waals surface area contributed by atoms with E-state index < -0.39 is 0 Å². The topological polar surface area (TPSA) is 15.3 Å². The molecule has 2 fully saturated rings. The van der Waals surface area contributed by atoms with Crippen LogP contribution in [0, 0.1) is 11.8 Å². The third-order valence-corrected chi connectivity index (χ3v) is 5.13. The van der Waals surface area contributed by atoms with Crippen LogP contribution in [0.3, 0.4) is 0 Å². The molecule has 1 aromatic carbocycles. The molecular weight excluding hydrogens is 264 g/mol. The number of fused-ring (bicyclic) bond motifs is 2. The Hall–Kier alpha value is -1.09. The summed E-state index contributed by atoms with van der Waals surface area (Å²) in [6.45, 7) is 4.39. The van der Waals surface area contributed by atoms with Crippen molar-refractivity contribution in [3.63, 3.8) is 0 Å². The predicted octanol–water partition coefficient (Wildman–Crippen LogP) is 3.96. The molecule has 2 bridgehead atoms. The van der Waals surface area contributed by atoms with Gasteiger partial charge in [-0.3, -0.25) is 0 Å². The van der Waals surface area contributed by atoms with Crippen molar-refractivity contribution < 1.29 is 0 Å². The van der Waals surface area contributed by atoms with Crippen LogP contribution in [0.25, 0.3) is 0 Å². The van der Waals surface area contributed by atoms with E-state index in [1.807, 2.05) is 0 Å². The molecule has 0 saturated heterocycles. The highest BCUT2D eigenvalue weighted by Crippen LogP contribution is 2.44. The second-order valence-electron chi connectivity index (χ2n) is 6.53. The molecular formula is C17H24N2S. The average Bonchev–Trinajstić information content (AvgIpc) is 3.02. The van der Waals surface area contributed by atoms with Crippen LogP contribution in [0.15, 0.2) is 30.3 Å². The van der Waals surface area contributed by atoms with Gasteiger partial charge in [0.25, 0.3) is 0 Å². The zero-order valence-electron chi connectivity index (χ0n) is 12.4. The molecule has 1 aromatic rings. The van der Waals surface area contributed by atoms with E-state index in [0.717, 1.165) is 16.9 Å². The highest BCUT2D eigenvalue weighted by molar-refractivity contribution is 7.80. The SMILES string of the molecule is CC(C)N(C(=S)N[C@H]1C[C@@H]2CC[C@@H]1C2)c1ccccc1. The van der Waals surface area contributed by atoms with Crippen LogP contribution >= 0.6 is 12.2 Å². The molecule has 3 heteroatoms. The first-order valence-corrected chi connectivity index (χ1v) is 8.20. The normalized spacial score (nSPS) is 27.9. The first-order chi connectivity index (χ1) is 9.65. The fourth-order valence-corrected chi connectivity index (χ4v) is 4.36. The number of rotatable bonds is 3. The van der Waals surface area contributed by atoms with Crippen molar-refractivity contribution in [3.05, 3.63) is 30.3 Å². The number of thiocarbonyl (C=S) groups is 1. The van der Waals surface area contributed by atoms with Crippen molar-refractivity contribution in [2.75, 3.05) is 4.90 Å². The summed E-state index contributed by atoms with van der Waals surface area (Å²) in [4.78, 5) is 2.24. The molecule has 0 aromatic heterocycles. The summed E-state index contributed by atoms with van der Waals surface area (Å²) in [5.41, 5.74) is 1.18. The van der Waals surface area contributed by atoms with Crippen LogP contribution in [-0.2, 0) is 0 Å². The van der Waals surface area contributed by atoms with Gasteiger partial charge in [0.05, 0.1) is 0 Å². The predicted molar refractivity (Wildman–Crippen MR) is 89.0 cm³/mol. The van der Waals surface area contributed by atoms with E-state index >= 15 is 0 Å². The summed E-state index contributed by atoms with van der Waals surface area (Å²) in [7, 11) is 0. The number of hydrogen-bond donors (Lipinski definition) is 1. The van der Waals surface area contributed by atoms with E-state index in [0.29, 0.717) is 12.1 Å². The van der Waals surface area contributed by atoms with Gasteiger partial charge in [0.15, 0.2) is 5.11 Å². The van der Waals surface area contributed by atoms with E-state index in [1.54, 1.807) is 0 Å². The fourth-order valence-electron chi connectivity index (χ4n) is 3.89. The summed E-state index contributed by atoms with van der Waals surface area (Å²) in [5.74, 6) is 1.80. The Kier molecular flexibility index (Phi) is 3.97. The zero-order valence-corrected chi connectivity index (χ0v) is 13.2. The largest absolute Gasteiger partial charge is 0.359 e.